The van der Waals surface area contributed by atoms with Crippen LogP contribution in [0.15, 0.2) is 30.3 Å². The van der Waals surface area contributed by atoms with Crippen LogP contribution < -0.4 is 5.32 Å². The number of carbonyl (C=O) groups excluding carboxylic acids is 1. The van der Waals surface area contributed by atoms with Gasteiger partial charge in [0, 0.05) is 31.9 Å². The number of hydrogen-bond donors (Lipinski definition) is 1. The van der Waals surface area contributed by atoms with Crippen molar-refractivity contribution in [2.45, 2.75) is 26.4 Å². The van der Waals surface area contributed by atoms with E-state index in [9.17, 15) is 4.79 Å². The second-order valence-corrected chi connectivity index (χ2v) is 5.92. The first-order valence-electron chi connectivity index (χ1n) is 6.99. The molecule has 5 heteroatoms. The van der Waals surface area contributed by atoms with E-state index in [1.807, 2.05) is 61.1 Å². The molecule has 0 aromatic heterocycles. The summed E-state index contributed by atoms with van der Waals surface area (Å²) in [5, 5.41) is 4.84. The molecule has 20 heavy (non-hydrogen) atoms. The Morgan fingerprint density at radius 1 is 1.10 bits per heavy atom. The Labute approximate surface area is 120 Å². The smallest absolute Gasteiger partial charge is 0.321 e. The highest BCUT2D eigenvalue weighted by molar-refractivity contribution is 5.89. The summed E-state index contributed by atoms with van der Waals surface area (Å²) in [4.78, 5) is 19.7. The number of nitrogens with zero attached hydrogens (tertiary/aromatic N) is 2. The van der Waals surface area contributed by atoms with Crippen LogP contribution in [-0.4, -0.2) is 47.8 Å². The van der Waals surface area contributed by atoms with E-state index in [1.54, 1.807) is 0 Å². The van der Waals surface area contributed by atoms with Gasteiger partial charge in [0.15, 0.2) is 0 Å². The van der Waals surface area contributed by atoms with E-state index in [2.05, 4.69) is 5.32 Å². The molecule has 1 fully saturated rings. The molecule has 1 aromatic rings. The summed E-state index contributed by atoms with van der Waals surface area (Å²) in [6.07, 6.45) is 0. The summed E-state index contributed by atoms with van der Waals surface area (Å²) in [6.45, 7) is 8.91. The topological polar surface area (TPSA) is 44.8 Å². The van der Waals surface area contributed by atoms with Gasteiger partial charge in [-0.25, -0.2) is 4.79 Å². The van der Waals surface area contributed by atoms with Crippen molar-refractivity contribution in [1.82, 2.24) is 9.96 Å². The van der Waals surface area contributed by atoms with Gasteiger partial charge in [-0.15, -0.1) is 0 Å². The SMILES string of the molecule is CC(C)(C)ON1CCN(C(=O)Nc2ccccc2)CC1. The van der Waals surface area contributed by atoms with Crippen LogP contribution in [0.1, 0.15) is 20.8 Å². The van der Waals surface area contributed by atoms with Gasteiger partial charge in [0.2, 0.25) is 0 Å². The Kier molecular flexibility index (Phi) is 4.62. The Bertz CT molecular complexity index is 434. The molecule has 2 amide bonds. The van der Waals surface area contributed by atoms with Crippen LogP contribution in [-0.2, 0) is 4.84 Å². The van der Waals surface area contributed by atoms with E-state index in [0.717, 1.165) is 18.8 Å². The summed E-state index contributed by atoms with van der Waals surface area (Å²) < 4.78 is 0. The monoisotopic (exact) mass is 277 g/mol. The first-order chi connectivity index (χ1) is 9.44. The Balaban J connectivity index is 1.80. The molecule has 0 aliphatic carbocycles. The van der Waals surface area contributed by atoms with Crippen molar-refractivity contribution in [3.8, 4) is 0 Å². The van der Waals surface area contributed by atoms with E-state index in [0.29, 0.717) is 13.1 Å². The van der Waals surface area contributed by atoms with Crippen molar-refractivity contribution in [2.75, 3.05) is 31.5 Å². The summed E-state index contributed by atoms with van der Waals surface area (Å²) in [5.74, 6) is 0. The maximum absolute atomic E-state index is 12.1. The average molecular weight is 277 g/mol. The fraction of sp³-hybridized carbons (Fsp3) is 0.533. The quantitative estimate of drug-likeness (QED) is 0.903. The van der Waals surface area contributed by atoms with Crippen LogP contribution >= 0.6 is 0 Å². The zero-order valence-electron chi connectivity index (χ0n) is 12.4. The number of hydrogen-bond acceptors (Lipinski definition) is 3. The fourth-order valence-corrected chi connectivity index (χ4v) is 2.09. The average Bonchev–Trinajstić information content (AvgIpc) is 2.39. The molecule has 5 nitrogen and oxygen atoms in total. The van der Waals surface area contributed by atoms with Crippen molar-refractivity contribution in [3.05, 3.63) is 30.3 Å². The molecular formula is C15H23N3O2. The Morgan fingerprint density at radius 2 is 1.70 bits per heavy atom. The predicted octanol–water partition coefficient (Wildman–Crippen LogP) is 2.57. The molecule has 1 N–H and O–H groups in total. The minimum absolute atomic E-state index is 0.0494. The molecular weight excluding hydrogens is 254 g/mol. The summed E-state index contributed by atoms with van der Waals surface area (Å²) in [7, 11) is 0. The van der Waals surface area contributed by atoms with Crippen molar-refractivity contribution in [2.24, 2.45) is 0 Å². The highest BCUT2D eigenvalue weighted by atomic mass is 16.7. The molecule has 1 saturated heterocycles. The van der Waals surface area contributed by atoms with Gasteiger partial charge in [-0.3, -0.25) is 4.84 Å². The molecule has 0 radical (unpaired) electrons. The maximum atomic E-state index is 12.1. The molecule has 1 heterocycles. The minimum atomic E-state index is -0.186. The standard InChI is InChI=1S/C15H23N3O2/c1-15(2,3)20-18-11-9-17(10-12-18)14(19)16-13-7-5-4-6-8-13/h4-8H,9-12H2,1-3H3,(H,16,19). The number of benzene rings is 1. The highest BCUT2D eigenvalue weighted by Gasteiger charge is 2.24. The van der Waals surface area contributed by atoms with Gasteiger partial charge >= 0.3 is 6.03 Å². The second kappa shape index (κ2) is 6.24. The van der Waals surface area contributed by atoms with Crippen LogP contribution in [0.4, 0.5) is 10.5 Å². The van der Waals surface area contributed by atoms with E-state index in [1.165, 1.54) is 0 Å². The largest absolute Gasteiger partial charge is 0.322 e. The number of piperazine rings is 1. The zero-order chi connectivity index (χ0) is 14.6. The summed E-state index contributed by atoms with van der Waals surface area (Å²) in [5.41, 5.74) is 0.639. The summed E-state index contributed by atoms with van der Waals surface area (Å²) in [6, 6.07) is 9.47. The Hall–Kier alpha value is -1.59. The molecule has 1 aliphatic rings. The first kappa shape index (κ1) is 14.8. The number of anilines is 1. The maximum Gasteiger partial charge on any atom is 0.321 e. The third-order valence-electron chi connectivity index (χ3n) is 2.95. The van der Waals surface area contributed by atoms with Crippen molar-refractivity contribution in [1.29, 1.82) is 0 Å². The number of urea groups is 1. The van der Waals surface area contributed by atoms with Crippen LogP contribution in [0.25, 0.3) is 0 Å². The molecule has 0 unspecified atom stereocenters. The first-order valence-corrected chi connectivity index (χ1v) is 6.99. The fourth-order valence-electron chi connectivity index (χ4n) is 2.09. The van der Waals surface area contributed by atoms with E-state index < -0.39 is 0 Å². The zero-order valence-corrected chi connectivity index (χ0v) is 12.4. The second-order valence-electron chi connectivity index (χ2n) is 5.92. The molecule has 0 saturated carbocycles. The third-order valence-corrected chi connectivity index (χ3v) is 2.95. The normalized spacial score (nSPS) is 17.1. The molecule has 0 bridgehead atoms. The van der Waals surface area contributed by atoms with Gasteiger partial charge in [0.25, 0.3) is 0 Å². The van der Waals surface area contributed by atoms with Gasteiger partial charge in [0.1, 0.15) is 0 Å². The Morgan fingerprint density at radius 3 is 2.25 bits per heavy atom. The van der Waals surface area contributed by atoms with Crippen LogP contribution in [0, 0.1) is 0 Å². The number of rotatable bonds is 2. The van der Waals surface area contributed by atoms with Crippen molar-refractivity contribution < 1.29 is 9.63 Å². The number of para-hydroxylation sites is 1. The summed E-state index contributed by atoms with van der Waals surface area (Å²) >= 11 is 0. The van der Waals surface area contributed by atoms with Gasteiger partial charge in [0.05, 0.1) is 5.60 Å². The lowest BCUT2D eigenvalue weighted by molar-refractivity contribution is -0.237. The molecule has 0 spiro atoms. The molecule has 2 rings (SSSR count). The van der Waals surface area contributed by atoms with Gasteiger partial charge in [-0.1, -0.05) is 18.2 Å². The number of nitrogens with one attached hydrogen (secondary N) is 1. The van der Waals surface area contributed by atoms with Crippen LogP contribution in [0.3, 0.4) is 0 Å². The number of amides is 2. The van der Waals surface area contributed by atoms with Crippen LogP contribution in [0.2, 0.25) is 0 Å². The number of hydroxylamine groups is 2. The van der Waals surface area contributed by atoms with Gasteiger partial charge in [-0.2, -0.15) is 5.06 Å². The van der Waals surface area contributed by atoms with Crippen molar-refractivity contribution in [3.63, 3.8) is 0 Å². The molecule has 110 valence electrons. The van der Waals surface area contributed by atoms with Gasteiger partial charge in [-0.05, 0) is 32.9 Å². The molecule has 1 aromatic carbocycles. The number of carbonyl (C=O) groups is 1. The minimum Gasteiger partial charge on any atom is -0.322 e. The third kappa shape index (κ3) is 4.51. The predicted molar refractivity (Wildman–Crippen MR) is 79.4 cm³/mol. The van der Waals surface area contributed by atoms with E-state index >= 15 is 0 Å². The molecule has 0 atom stereocenters. The van der Waals surface area contributed by atoms with Crippen molar-refractivity contribution >= 4 is 11.7 Å². The lowest BCUT2D eigenvalue weighted by Gasteiger charge is -2.37. The van der Waals surface area contributed by atoms with Gasteiger partial charge < -0.3 is 10.2 Å². The lowest BCUT2D eigenvalue weighted by Crippen LogP contribution is -2.51. The van der Waals surface area contributed by atoms with Crippen LogP contribution in [0.5, 0.6) is 0 Å². The lowest BCUT2D eigenvalue weighted by atomic mass is 10.2. The highest BCUT2D eigenvalue weighted by Crippen LogP contribution is 2.13. The van der Waals surface area contributed by atoms with E-state index in [-0.39, 0.29) is 11.6 Å². The molecule has 1 aliphatic heterocycles. The van der Waals surface area contributed by atoms with E-state index in [4.69, 9.17) is 4.84 Å².